The molecule has 0 saturated heterocycles. The van der Waals surface area contributed by atoms with Gasteiger partial charge in [0.2, 0.25) is 11.8 Å². The minimum absolute atomic E-state index is 0.138. The van der Waals surface area contributed by atoms with Gasteiger partial charge in [-0.3, -0.25) is 9.59 Å². The van der Waals surface area contributed by atoms with E-state index in [0.29, 0.717) is 12.8 Å². The lowest BCUT2D eigenvalue weighted by Crippen LogP contribution is -2.17. The highest BCUT2D eigenvalue weighted by atomic mass is 16.2. The first-order valence-corrected chi connectivity index (χ1v) is 3.35. The molecule has 0 fully saturated rings. The van der Waals surface area contributed by atoms with Gasteiger partial charge < -0.3 is 11.1 Å². The van der Waals surface area contributed by atoms with Crippen LogP contribution in [0.3, 0.4) is 0 Å². The summed E-state index contributed by atoms with van der Waals surface area (Å²) in [6, 6.07) is 0. The minimum Gasteiger partial charge on any atom is -0.370 e. The van der Waals surface area contributed by atoms with Crippen molar-refractivity contribution in [2.75, 3.05) is 0 Å². The monoisotopic (exact) mass is 156 g/mol. The van der Waals surface area contributed by atoms with E-state index in [2.05, 4.69) is 11.9 Å². The zero-order valence-corrected chi connectivity index (χ0v) is 6.30. The molecule has 0 bridgehead atoms. The molecule has 0 rings (SSSR count). The molecule has 4 heteroatoms. The van der Waals surface area contributed by atoms with Crippen LogP contribution in [0.4, 0.5) is 0 Å². The van der Waals surface area contributed by atoms with Crippen LogP contribution in [0.1, 0.15) is 19.3 Å². The zero-order valence-electron chi connectivity index (χ0n) is 6.30. The van der Waals surface area contributed by atoms with Crippen LogP contribution in [0.2, 0.25) is 0 Å². The van der Waals surface area contributed by atoms with Gasteiger partial charge in [0.1, 0.15) is 0 Å². The van der Waals surface area contributed by atoms with Crippen molar-refractivity contribution in [3.8, 4) is 0 Å². The summed E-state index contributed by atoms with van der Waals surface area (Å²) in [6.07, 6.45) is 2.38. The average molecular weight is 156 g/mol. The number of hydrogen-bond acceptors (Lipinski definition) is 2. The van der Waals surface area contributed by atoms with Crippen molar-refractivity contribution in [3.63, 3.8) is 0 Å². The van der Waals surface area contributed by atoms with Crippen LogP contribution in [0.5, 0.6) is 0 Å². The molecular formula is C7H12N2O2. The molecule has 62 valence electrons. The van der Waals surface area contributed by atoms with E-state index >= 15 is 0 Å². The van der Waals surface area contributed by atoms with Crippen molar-refractivity contribution in [3.05, 3.63) is 12.8 Å². The number of carbonyl (C=O) groups is 2. The summed E-state index contributed by atoms with van der Waals surface area (Å²) in [6.45, 7) is 3.32. The fourth-order valence-corrected chi connectivity index (χ4v) is 0.609. The topological polar surface area (TPSA) is 72.2 Å². The van der Waals surface area contributed by atoms with Gasteiger partial charge >= 0.3 is 0 Å². The van der Waals surface area contributed by atoms with Crippen molar-refractivity contribution in [1.29, 1.82) is 0 Å². The summed E-state index contributed by atoms with van der Waals surface area (Å²) in [5, 5.41) is 2.39. The summed E-state index contributed by atoms with van der Waals surface area (Å²) in [4.78, 5) is 20.9. The van der Waals surface area contributed by atoms with Gasteiger partial charge in [-0.25, -0.2) is 0 Å². The third kappa shape index (κ3) is 6.57. The van der Waals surface area contributed by atoms with Crippen LogP contribution in [-0.4, -0.2) is 11.8 Å². The molecule has 0 aromatic heterocycles. The highest BCUT2D eigenvalue weighted by molar-refractivity contribution is 5.78. The first kappa shape index (κ1) is 9.68. The summed E-state index contributed by atoms with van der Waals surface area (Å²) < 4.78 is 0. The predicted molar refractivity (Wildman–Crippen MR) is 41.4 cm³/mol. The van der Waals surface area contributed by atoms with Gasteiger partial charge in [0.25, 0.3) is 0 Å². The Bertz CT molecular complexity index is 166. The van der Waals surface area contributed by atoms with E-state index < -0.39 is 0 Å². The molecule has 0 radical (unpaired) electrons. The molecule has 0 aromatic carbocycles. The normalized spacial score (nSPS) is 8.73. The number of nitrogens with one attached hydrogen (secondary N) is 1. The lowest BCUT2D eigenvalue weighted by molar-refractivity contribution is -0.120. The van der Waals surface area contributed by atoms with Crippen LogP contribution >= 0.6 is 0 Å². The summed E-state index contributed by atoms with van der Waals surface area (Å²) >= 11 is 0. The maximum absolute atomic E-state index is 10.7. The number of primary amides is 1. The molecule has 0 spiro atoms. The Morgan fingerprint density at radius 1 is 1.45 bits per heavy atom. The zero-order chi connectivity index (χ0) is 8.69. The third-order valence-corrected chi connectivity index (χ3v) is 1.09. The van der Waals surface area contributed by atoms with Gasteiger partial charge in [0.05, 0.1) is 0 Å². The third-order valence-electron chi connectivity index (χ3n) is 1.09. The van der Waals surface area contributed by atoms with Crippen LogP contribution in [-0.2, 0) is 9.59 Å². The van der Waals surface area contributed by atoms with Gasteiger partial charge in [-0.15, -0.1) is 0 Å². The van der Waals surface area contributed by atoms with Gasteiger partial charge in [0.15, 0.2) is 0 Å². The molecule has 0 heterocycles. The molecular weight excluding hydrogens is 144 g/mol. The average Bonchev–Trinajstić information content (AvgIpc) is 1.87. The van der Waals surface area contributed by atoms with E-state index in [1.807, 2.05) is 0 Å². The highest BCUT2D eigenvalue weighted by Crippen LogP contribution is 1.93. The maximum Gasteiger partial charge on any atom is 0.223 e. The van der Waals surface area contributed by atoms with Crippen molar-refractivity contribution in [1.82, 2.24) is 5.32 Å². The van der Waals surface area contributed by atoms with E-state index in [0.717, 1.165) is 0 Å². The maximum atomic E-state index is 10.7. The van der Waals surface area contributed by atoms with E-state index in [1.165, 1.54) is 6.20 Å². The summed E-state index contributed by atoms with van der Waals surface area (Å²) in [7, 11) is 0. The molecule has 0 aromatic rings. The fraction of sp³-hybridized carbons (Fsp3) is 0.429. The number of hydrogen-bond donors (Lipinski definition) is 2. The summed E-state index contributed by atoms with van der Waals surface area (Å²) in [5.41, 5.74) is 4.86. The lowest BCUT2D eigenvalue weighted by atomic mass is 10.2. The lowest BCUT2D eigenvalue weighted by Gasteiger charge is -1.96. The number of nitrogens with two attached hydrogens (primary N) is 1. The number of amides is 2. The molecule has 3 N–H and O–H groups in total. The Kier molecular flexibility index (Phi) is 4.81. The molecule has 2 amide bonds. The highest BCUT2D eigenvalue weighted by Gasteiger charge is 1.99. The Morgan fingerprint density at radius 3 is 2.55 bits per heavy atom. The van der Waals surface area contributed by atoms with E-state index in [9.17, 15) is 9.59 Å². The second kappa shape index (κ2) is 5.46. The van der Waals surface area contributed by atoms with E-state index in [1.54, 1.807) is 0 Å². The van der Waals surface area contributed by atoms with Crippen LogP contribution < -0.4 is 11.1 Å². The first-order chi connectivity index (χ1) is 5.16. The van der Waals surface area contributed by atoms with Crippen LogP contribution in [0, 0.1) is 0 Å². The number of rotatable bonds is 5. The molecule has 4 nitrogen and oxygen atoms in total. The molecule has 0 saturated carbocycles. The van der Waals surface area contributed by atoms with Gasteiger partial charge in [-0.05, 0) is 12.6 Å². The van der Waals surface area contributed by atoms with Crippen molar-refractivity contribution in [2.45, 2.75) is 19.3 Å². The Labute approximate surface area is 65.5 Å². The Morgan fingerprint density at radius 2 is 2.09 bits per heavy atom. The molecule has 0 unspecified atom stereocenters. The van der Waals surface area contributed by atoms with Gasteiger partial charge in [0, 0.05) is 12.8 Å². The standard InChI is InChI=1S/C7H12N2O2/c1-2-9-7(11)5-3-4-6(8)10/h2H,1,3-5H2,(H2,8,10)(H,9,11). The van der Waals surface area contributed by atoms with Gasteiger partial charge in [-0.1, -0.05) is 6.58 Å². The van der Waals surface area contributed by atoms with E-state index in [-0.39, 0.29) is 18.2 Å². The minimum atomic E-state index is -0.378. The van der Waals surface area contributed by atoms with Crippen LogP contribution in [0.15, 0.2) is 12.8 Å². The predicted octanol–water partition coefficient (Wildman–Crippen LogP) is -0.0983. The Balaban J connectivity index is 3.31. The van der Waals surface area contributed by atoms with E-state index in [4.69, 9.17) is 5.73 Å². The second-order valence-electron chi connectivity index (χ2n) is 2.09. The largest absolute Gasteiger partial charge is 0.370 e. The Hall–Kier alpha value is -1.32. The van der Waals surface area contributed by atoms with Gasteiger partial charge in [-0.2, -0.15) is 0 Å². The first-order valence-electron chi connectivity index (χ1n) is 3.35. The SMILES string of the molecule is C=CNC(=O)CCCC(N)=O. The molecule has 0 aliphatic rings. The molecule has 0 atom stereocenters. The smallest absolute Gasteiger partial charge is 0.223 e. The fourth-order valence-electron chi connectivity index (χ4n) is 0.609. The quantitative estimate of drug-likeness (QED) is 0.583. The van der Waals surface area contributed by atoms with Crippen molar-refractivity contribution in [2.24, 2.45) is 5.73 Å². The molecule has 0 aliphatic heterocycles. The van der Waals surface area contributed by atoms with Crippen LogP contribution in [0.25, 0.3) is 0 Å². The number of carbonyl (C=O) groups excluding carboxylic acids is 2. The summed E-state index contributed by atoms with van der Waals surface area (Å²) in [5.74, 6) is -0.516. The van der Waals surface area contributed by atoms with Crippen molar-refractivity contribution < 1.29 is 9.59 Å². The molecule has 0 aliphatic carbocycles. The molecule has 11 heavy (non-hydrogen) atoms. The van der Waals surface area contributed by atoms with Crippen molar-refractivity contribution >= 4 is 11.8 Å². The second-order valence-corrected chi connectivity index (χ2v) is 2.09.